The predicted molar refractivity (Wildman–Crippen MR) is 108 cm³/mol. The summed E-state index contributed by atoms with van der Waals surface area (Å²) in [7, 11) is 0. The number of anilines is 2. The molecule has 0 aliphatic carbocycles. The fraction of sp³-hybridized carbons (Fsp3) is 0.182. The lowest BCUT2D eigenvalue weighted by Gasteiger charge is -2.09. The molecule has 1 heterocycles. The monoisotopic (exact) mass is 361 g/mol. The summed E-state index contributed by atoms with van der Waals surface area (Å²) >= 11 is 0. The van der Waals surface area contributed by atoms with Crippen LogP contribution >= 0.6 is 0 Å². The van der Waals surface area contributed by atoms with E-state index in [4.69, 9.17) is 4.74 Å². The number of hydrogen-bond acceptors (Lipinski definition) is 4. The average Bonchev–Trinajstić information content (AvgIpc) is 2.68. The number of nitrogens with one attached hydrogen (secondary N) is 2. The van der Waals surface area contributed by atoms with Gasteiger partial charge in [0.2, 0.25) is 0 Å². The average molecular weight is 361 g/mol. The van der Waals surface area contributed by atoms with E-state index in [2.05, 4.69) is 46.8 Å². The first-order valence-electron chi connectivity index (χ1n) is 8.83. The lowest BCUT2D eigenvalue weighted by Crippen LogP contribution is -2.20. The number of aromatic nitrogens is 1. The third kappa shape index (κ3) is 5.85. The maximum atomic E-state index is 12.0. The van der Waals surface area contributed by atoms with E-state index in [1.807, 2.05) is 43.3 Å². The Bertz CT molecular complexity index is 873. The molecule has 5 heteroatoms. The SMILES string of the molecule is Cc1ccc(CNc2ccc(NC(=O)COc3ccc(C)cc3)cn2)cc1. The van der Waals surface area contributed by atoms with Gasteiger partial charge in [0.15, 0.2) is 6.61 Å². The summed E-state index contributed by atoms with van der Waals surface area (Å²) in [6.07, 6.45) is 1.63. The third-order valence-corrected chi connectivity index (χ3v) is 4.03. The van der Waals surface area contributed by atoms with Crippen molar-refractivity contribution in [3.63, 3.8) is 0 Å². The van der Waals surface area contributed by atoms with Gasteiger partial charge in [-0.1, -0.05) is 47.5 Å². The molecule has 0 spiro atoms. The molecule has 0 aliphatic heterocycles. The van der Waals surface area contributed by atoms with Crippen molar-refractivity contribution in [3.05, 3.63) is 83.6 Å². The summed E-state index contributed by atoms with van der Waals surface area (Å²) in [5, 5.41) is 6.04. The van der Waals surface area contributed by atoms with Crippen molar-refractivity contribution in [1.29, 1.82) is 0 Å². The molecule has 0 saturated carbocycles. The van der Waals surface area contributed by atoms with E-state index in [9.17, 15) is 4.79 Å². The number of aryl methyl sites for hydroxylation is 2. The summed E-state index contributed by atoms with van der Waals surface area (Å²) in [4.78, 5) is 16.3. The maximum Gasteiger partial charge on any atom is 0.262 e. The molecule has 1 amide bonds. The van der Waals surface area contributed by atoms with Gasteiger partial charge < -0.3 is 15.4 Å². The molecule has 0 saturated heterocycles. The zero-order valence-corrected chi connectivity index (χ0v) is 15.5. The highest BCUT2D eigenvalue weighted by Crippen LogP contribution is 2.13. The minimum absolute atomic E-state index is 0.0452. The van der Waals surface area contributed by atoms with Crippen LogP contribution in [0.15, 0.2) is 66.9 Å². The molecule has 0 radical (unpaired) electrons. The van der Waals surface area contributed by atoms with Crippen LogP contribution in [0.25, 0.3) is 0 Å². The van der Waals surface area contributed by atoms with Gasteiger partial charge in [0.1, 0.15) is 11.6 Å². The number of ether oxygens (including phenoxy) is 1. The van der Waals surface area contributed by atoms with E-state index in [0.29, 0.717) is 18.0 Å². The highest BCUT2D eigenvalue weighted by molar-refractivity contribution is 5.91. The third-order valence-electron chi connectivity index (χ3n) is 4.03. The van der Waals surface area contributed by atoms with Gasteiger partial charge in [0.05, 0.1) is 11.9 Å². The Balaban J connectivity index is 1.45. The molecule has 27 heavy (non-hydrogen) atoms. The van der Waals surface area contributed by atoms with Crippen LogP contribution in [-0.4, -0.2) is 17.5 Å². The molecule has 5 nitrogen and oxygen atoms in total. The van der Waals surface area contributed by atoms with Crippen molar-refractivity contribution < 1.29 is 9.53 Å². The Morgan fingerprint density at radius 2 is 1.59 bits per heavy atom. The second-order valence-electron chi connectivity index (χ2n) is 6.42. The summed E-state index contributed by atoms with van der Waals surface area (Å²) < 4.78 is 5.47. The Morgan fingerprint density at radius 1 is 0.926 bits per heavy atom. The van der Waals surface area contributed by atoms with Crippen LogP contribution in [-0.2, 0) is 11.3 Å². The number of carbonyl (C=O) groups excluding carboxylic acids is 1. The summed E-state index contributed by atoms with van der Waals surface area (Å²) in [5.74, 6) is 1.20. The Kier molecular flexibility index (Phi) is 6.05. The minimum atomic E-state index is -0.224. The number of carbonyl (C=O) groups is 1. The maximum absolute atomic E-state index is 12.0. The van der Waals surface area contributed by atoms with E-state index in [0.717, 1.165) is 11.4 Å². The first-order valence-corrected chi connectivity index (χ1v) is 8.83. The lowest BCUT2D eigenvalue weighted by atomic mass is 10.1. The molecule has 3 aromatic rings. The van der Waals surface area contributed by atoms with E-state index in [-0.39, 0.29) is 12.5 Å². The van der Waals surface area contributed by atoms with Gasteiger partial charge in [0, 0.05) is 6.54 Å². The van der Waals surface area contributed by atoms with Crippen LogP contribution in [0.2, 0.25) is 0 Å². The molecule has 0 unspecified atom stereocenters. The standard InChI is InChI=1S/C22H23N3O2/c1-16-3-7-18(8-4-16)13-23-21-12-9-19(14-24-21)25-22(26)15-27-20-10-5-17(2)6-11-20/h3-12,14H,13,15H2,1-2H3,(H,23,24)(H,25,26). The van der Waals surface area contributed by atoms with Gasteiger partial charge in [-0.2, -0.15) is 0 Å². The predicted octanol–water partition coefficient (Wildman–Crippen LogP) is 4.33. The highest BCUT2D eigenvalue weighted by atomic mass is 16.5. The first-order chi connectivity index (χ1) is 13.1. The van der Waals surface area contributed by atoms with Crippen molar-refractivity contribution in [2.75, 3.05) is 17.2 Å². The van der Waals surface area contributed by atoms with Crippen LogP contribution in [0.5, 0.6) is 5.75 Å². The van der Waals surface area contributed by atoms with Crippen LogP contribution in [0, 0.1) is 13.8 Å². The van der Waals surface area contributed by atoms with Crippen molar-refractivity contribution in [3.8, 4) is 5.75 Å². The molecule has 1 aromatic heterocycles. The fourth-order valence-electron chi connectivity index (χ4n) is 2.45. The Morgan fingerprint density at radius 3 is 2.22 bits per heavy atom. The van der Waals surface area contributed by atoms with Gasteiger partial charge >= 0.3 is 0 Å². The van der Waals surface area contributed by atoms with Crippen molar-refractivity contribution >= 4 is 17.4 Å². The Labute approximate surface area is 159 Å². The zero-order chi connectivity index (χ0) is 19.1. The number of pyridine rings is 1. The van der Waals surface area contributed by atoms with Crippen LogP contribution < -0.4 is 15.4 Å². The topological polar surface area (TPSA) is 63.2 Å². The minimum Gasteiger partial charge on any atom is -0.484 e. The molecule has 2 aromatic carbocycles. The summed E-state index contributed by atoms with van der Waals surface area (Å²) in [6, 6.07) is 19.6. The molecule has 0 aliphatic rings. The number of hydrogen-bond donors (Lipinski definition) is 2. The van der Waals surface area contributed by atoms with E-state index >= 15 is 0 Å². The lowest BCUT2D eigenvalue weighted by molar-refractivity contribution is -0.118. The molecule has 3 rings (SSSR count). The molecular weight excluding hydrogens is 338 g/mol. The van der Waals surface area contributed by atoms with E-state index < -0.39 is 0 Å². The van der Waals surface area contributed by atoms with Crippen molar-refractivity contribution in [1.82, 2.24) is 4.98 Å². The second-order valence-corrected chi connectivity index (χ2v) is 6.42. The largest absolute Gasteiger partial charge is 0.484 e. The van der Waals surface area contributed by atoms with Gasteiger partial charge in [-0.05, 0) is 43.7 Å². The number of amides is 1. The molecular formula is C22H23N3O2. The van der Waals surface area contributed by atoms with Crippen molar-refractivity contribution in [2.45, 2.75) is 20.4 Å². The molecule has 0 fully saturated rings. The number of rotatable bonds is 7. The zero-order valence-electron chi connectivity index (χ0n) is 15.5. The second kappa shape index (κ2) is 8.85. The summed E-state index contributed by atoms with van der Waals surface area (Å²) in [5.41, 5.74) is 4.21. The van der Waals surface area contributed by atoms with Crippen LogP contribution in [0.3, 0.4) is 0 Å². The normalized spacial score (nSPS) is 10.3. The van der Waals surface area contributed by atoms with Crippen molar-refractivity contribution in [2.24, 2.45) is 0 Å². The fourth-order valence-corrected chi connectivity index (χ4v) is 2.45. The smallest absolute Gasteiger partial charge is 0.262 e. The molecule has 0 bridgehead atoms. The van der Waals surface area contributed by atoms with E-state index in [1.54, 1.807) is 6.20 Å². The molecule has 0 atom stereocenters. The van der Waals surface area contributed by atoms with E-state index in [1.165, 1.54) is 11.1 Å². The first kappa shape index (κ1) is 18.5. The number of benzene rings is 2. The highest BCUT2D eigenvalue weighted by Gasteiger charge is 2.04. The summed E-state index contributed by atoms with van der Waals surface area (Å²) in [6.45, 7) is 4.72. The van der Waals surface area contributed by atoms with Gasteiger partial charge in [-0.3, -0.25) is 4.79 Å². The number of nitrogens with zero attached hydrogens (tertiary/aromatic N) is 1. The van der Waals surface area contributed by atoms with Gasteiger partial charge in [-0.25, -0.2) is 4.98 Å². The quantitative estimate of drug-likeness (QED) is 0.657. The molecule has 2 N–H and O–H groups in total. The van der Waals surface area contributed by atoms with Gasteiger partial charge in [0.25, 0.3) is 5.91 Å². The van der Waals surface area contributed by atoms with Gasteiger partial charge in [-0.15, -0.1) is 0 Å². The Hall–Kier alpha value is -3.34. The van der Waals surface area contributed by atoms with Crippen LogP contribution in [0.1, 0.15) is 16.7 Å². The molecule has 138 valence electrons. The van der Waals surface area contributed by atoms with Crippen LogP contribution in [0.4, 0.5) is 11.5 Å².